The first kappa shape index (κ1) is 21.1. The molecule has 4 nitrogen and oxygen atoms in total. The van der Waals surface area contributed by atoms with Gasteiger partial charge >= 0.3 is 6.09 Å². The first-order valence-corrected chi connectivity index (χ1v) is 11.8. The van der Waals surface area contributed by atoms with Crippen LogP contribution in [0.2, 0.25) is 0 Å². The van der Waals surface area contributed by atoms with Crippen molar-refractivity contribution in [1.82, 2.24) is 4.90 Å². The lowest BCUT2D eigenvalue weighted by molar-refractivity contribution is -0.0331. The topological polar surface area (TPSA) is 38.8 Å². The standard InChI is InChI=1S/C29H26FNO3/c1-18-10-11-28(30)26(12-18)19-13-20-15-33-16-21(14-19)31(20)29(32)34-17-27-24-8-4-2-6-22(24)23-7-3-5-9-25(23)27/h2-13,20-21,27H,14-17H2,1H3. The van der Waals surface area contributed by atoms with Crippen LogP contribution in [0.4, 0.5) is 9.18 Å². The lowest BCUT2D eigenvalue weighted by Gasteiger charge is -2.44. The maximum absolute atomic E-state index is 14.5. The van der Waals surface area contributed by atoms with E-state index in [9.17, 15) is 9.18 Å². The van der Waals surface area contributed by atoms with E-state index in [-0.39, 0.29) is 36.5 Å². The van der Waals surface area contributed by atoms with E-state index in [1.165, 1.54) is 28.3 Å². The Bertz CT molecular complexity index is 1250. The lowest BCUT2D eigenvalue weighted by atomic mass is 9.89. The van der Waals surface area contributed by atoms with Crippen LogP contribution in [0.1, 0.15) is 34.6 Å². The summed E-state index contributed by atoms with van der Waals surface area (Å²) < 4.78 is 26.2. The summed E-state index contributed by atoms with van der Waals surface area (Å²) in [6, 6.07) is 21.3. The summed E-state index contributed by atoms with van der Waals surface area (Å²) in [6.07, 6.45) is 2.18. The number of carbonyl (C=O) groups excluding carboxylic acids is 1. The van der Waals surface area contributed by atoms with E-state index in [2.05, 4.69) is 24.3 Å². The summed E-state index contributed by atoms with van der Waals surface area (Å²) in [6.45, 7) is 3.05. The number of ether oxygens (including phenoxy) is 2. The molecule has 2 aliphatic heterocycles. The Morgan fingerprint density at radius 1 is 1.00 bits per heavy atom. The highest BCUT2D eigenvalue weighted by atomic mass is 19.1. The van der Waals surface area contributed by atoms with E-state index < -0.39 is 0 Å². The number of fused-ring (bicyclic) bond motifs is 5. The van der Waals surface area contributed by atoms with Crippen LogP contribution in [0.5, 0.6) is 0 Å². The highest BCUT2D eigenvalue weighted by Gasteiger charge is 2.40. The smallest absolute Gasteiger partial charge is 0.410 e. The van der Waals surface area contributed by atoms with Crippen LogP contribution in [-0.4, -0.2) is 42.9 Å². The second kappa shape index (κ2) is 8.41. The average Bonchev–Trinajstić information content (AvgIpc) is 3.17. The van der Waals surface area contributed by atoms with E-state index >= 15 is 0 Å². The number of morpholine rings is 1. The van der Waals surface area contributed by atoms with Crippen molar-refractivity contribution < 1.29 is 18.7 Å². The largest absolute Gasteiger partial charge is 0.448 e. The number of aryl methyl sites for hydroxylation is 1. The zero-order valence-corrected chi connectivity index (χ0v) is 19.0. The van der Waals surface area contributed by atoms with Crippen molar-refractivity contribution in [3.63, 3.8) is 0 Å². The number of halogens is 1. The van der Waals surface area contributed by atoms with E-state index in [0.29, 0.717) is 25.2 Å². The number of benzene rings is 3. The van der Waals surface area contributed by atoms with Gasteiger partial charge in [0.25, 0.3) is 0 Å². The molecule has 2 atom stereocenters. The van der Waals surface area contributed by atoms with Crippen LogP contribution in [0.15, 0.2) is 72.8 Å². The fourth-order valence-electron chi connectivity index (χ4n) is 5.63. The minimum absolute atomic E-state index is 0.0183. The van der Waals surface area contributed by atoms with Crippen molar-refractivity contribution in [2.45, 2.75) is 31.3 Å². The van der Waals surface area contributed by atoms with Gasteiger partial charge in [-0.15, -0.1) is 0 Å². The normalized spacial score (nSPS) is 21.0. The molecular weight excluding hydrogens is 429 g/mol. The number of carbonyl (C=O) groups is 1. The molecule has 1 amide bonds. The van der Waals surface area contributed by atoms with Gasteiger partial charge < -0.3 is 9.47 Å². The molecule has 172 valence electrons. The van der Waals surface area contributed by atoms with Crippen LogP contribution >= 0.6 is 0 Å². The molecule has 0 radical (unpaired) electrons. The second-order valence-corrected chi connectivity index (χ2v) is 9.35. The second-order valence-electron chi connectivity index (χ2n) is 9.35. The Kier molecular flexibility index (Phi) is 5.22. The summed E-state index contributed by atoms with van der Waals surface area (Å²) in [5.74, 6) is -0.213. The molecule has 2 unspecified atom stereocenters. The Hall–Kier alpha value is -3.44. The summed E-state index contributed by atoms with van der Waals surface area (Å²) in [5.41, 5.74) is 7.35. The van der Waals surface area contributed by atoms with E-state index in [1.54, 1.807) is 11.0 Å². The third-order valence-corrected chi connectivity index (χ3v) is 7.21. The molecule has 2 heterocycles. The van der Waals surface area contributed by atoms with Gasteiger partial charge in [-0.25, -0.2) is 9.18 Å². The van der Waals surface area contributed by atoms with Crippen molar-refractivity contribution in [2.24, 2.45) is 0 Å². The molecule has 34 heavy (non-hydrogen) atoms. The molecule has 3 aromatic rings. The van der Waals surface area contributed by atoms with Gasteiger partial charge in [0.05, 0.1) is 25.3 Å². The third-order valence-electron chi connectivity index (χ3n) is 7.21. The Morgan fingerprint density at radius 2 is 1.71 bits per heavy atom. The quantitative estimate of drug-likeness (QED) is 0.491. The van der Waals surface area contributed by atoms with Gasteiger partial charge in [0.1, 0.15) is 12.4 Å². The zero-order valence-electron chi connectivity index (χ0n) is 19.0. The molecule has 3 aromatic carbocycles. The van der Waals surface area contributed by atoms with Gasteiger partial charge in [-0.3, -0.25) is 4.90 Å². The van der Waals surface area contributed by atoms with E-state index in [1.807, 2.05) is 43.3 Å². The van der Waals surface area contributed by atoms with Crippen LogP contribution in [0.3, 0.4) is 0 Å². The highest BCUT2D eigenvalue weighted by Crippen LogP contribution is 2.44. The number of rotatable bonds is 3. The van der Waals surface area contributed by atoms with Gasteiger partial charge in [-0.2, -0.15) is 0 Å². The monoisotopic (exact) mass is 455 g/mol. The maximum atomic E-state index is 14.5. The lowest BCUT2D eigenvalue weighted by Crippen LogP contribution is -2.56. The molecule has 2 bridgehead atoms. The molecular formula is C29H26FNO3. The fourth-order valence-corrected chi connectivity index (χ4v) is 5.63. The highest BCUT2D eigenvalue weighted by molar-refractivity contribution is 5.79. The van der Waals surface area contributed by atoms with Crippen LogP contribution in [-0.2, 0) is 9.47 Å². The van der Waals surface area contributed by atoms with Crippen molar-refractivity contribution in [3.8, 4) is 11.1 Å². The molecule has 0 spiro atoms. The van der Waals surface area contributed by atoms with Crippen molar-refractivity contribution in [2.75, 3.05) is 19.8 Å². The summed E-state index contributed by atoms with van der Waals surface area (Å²) in [5, 5.41) is 0. The fraction of sp³-hybridized carbons (Fsp3) is 0.276. The zero-order chi connectivity index (χ0) is 23.2. The van der Waals surface area contributed by atoms with Crippen LogP contribution in [0, 0.1) is 12.7 Å². The number of amides is 1. The summed E-state index contributed by atoms with van der Waals surface area (Å²) in [7, 11) is 0. The molecule has 1 fully saturated rings. The Morgan fingerprint density at radius 3 is 2.41 bits per heavy atom. The third kappa shape index (κ3) is 3.51. The summed E-state index contributed by atoms with van der Waals surface area (Å²) in [4.78, 5) is 15.1. The predicted octanol–water partition coefficient (Wildman–Crippen LogP) is 5.94. The molecule has 0 aromatic heterocycles. The maximum Gasteiger partial charge on any atom is 0.410 e. The molecule has 1 saturated heterocycles. The van der Waals surface area contributed by atoms with E-state index in [0.717, 1.165) is 11.1 Å². The molecule has 5 heteroatoms. The first-order valence-electron chi connectivity index (χ1n) is 11.8. The SMILES string of the molecule is Cc1ccc(F)c(C2=CC3COCC(C2)N3C(=O)OCC2c3ccccc3-c3ccccc32)c1. The van der Waals surface area contributed by atoms with Gasteiger partial charge in [-0.1, -0.05) is 66.2 Å². The average molecular weight is 456 g/mol. The van der Waals surface area contributed by atoms with Crippen LogP contribution in [0.25, 0.3) is 16.7 Å². The summed E-state index contributed by atoms with van der Waals surface area (Å²) >= 11 is 0. The Labute approximate surface area is 198 Å². The number of hydrogen-bond acceptors (Lipinski definition) is 3. The van der Waals surface area contributed by atoms with Crippen molar-refractivity contribution in [1.29, 1.82) is 0 Å². The van der Waals surface area contributed by atoms with Crippen LogP contribution < -0.4 is 0 Å². The minimum atomic E-state index is -0.333. The van der Waals surface area contributed by atoms with Crippen molar-refractivity contribution >= 4 is 11.7 Å². The number of hydrogen-bond donors (Lipinski definition) is 0. The van der Waals surface area contributed by atoms with Gasteiger partial charge in [-0.05, 0) is 53.3 Å². The van der Waals surface area contributed by atoms with Gasteiger partial charge in [0.2, 0.25) is 0 Å². The number of nitrogens with zero attached hydrogens (tertiary/aromatic N) is 1. The first-order chi connectivity index (χ1) is 16.6. The molecule has 0 saturated carbocycles. The van der Waals surface area contributed by atoms with Gasteiger partial charge in [0, 0.05) is 11.5 Å². The van der Waals surface area contributed by atoms with Gasteiger partial charge in [0.15, 0.2) is 0 Å². The van der Waals surface area contributed by atoms with E-state index in [4.69, 9.17) is 9.47 Å². The predicted molar refractivity (Wildman–Crippen MR) is 129 cm³/mol. The molecule has 0 N–H and O–H groups in total. The Balaban J connectivity index is 1.23. The van der Waals surface area contributed by atoms with Crippen molar-refractivity contribution in [3.05, 3.63) is 101 Å². The minimum Gasteiger partial charge on any atom is -0.448 e. The molecule has 6 rings (SSSR count). The molecule has 3 aliphatic rings. The molecule has 1 aliphatic carbocycles.